The molecular weight excluding hydrogens is 307 g/mol. The average molecular weight is 319 g/mol. The van der Waals surface area contributed by atoms with E-state index < -0.39 is 26.7 Å². The number of nitrogens with zero attached hydrogens (tertiary/aromatic N) is 1. The minimum Gasteiger partial charge on any atom is -0.348 e. The van der Waals surface area contributed by atoms with Crippen LogP contribution >= 0.6 is 0 Å². The van der Waals surface area contributed by atoms with Crippen LogP contribution in [0.5, 0.6) is 0 Å². The summed E-state index contributed by atoms with van der Waals surface area (Å²) in [6.07, 6.45) is -1.48. The second-order valence-corrected chi connectivity index (χ2v) is 5.95. The number of imidazole rings is 1. The van der Waals surface area contributed by atoms with Crippen LogP contribution in [0.15, 0.2) is 41.7 Å². The topological polar surface area (TPSA) is 74.8 Å². The van der Waals surface area contributed by atoms with Crippen molar-refractivity contribution in [3.8, 4) is 0 Å². The molecule has 0 radical (unpaired) electrons. The largest absolute Gasteiger partial charge is 0.417 e. The van der Waals surface area contributed by atoms with Crippen LogP contribution in [0.1, 0.15) is 11.3 Å². The van der Waals surface area contributed by atoms with Crippen molar-refractivity contribution in [3.05, 3.63) is 48.0 Å². The third-order valence-electron chi connectivity index (χ3n) is 2.72. The summed E-state index contributed by atoms with van der Waals surface area (Å²) in [4.78, 5) is 5.76. The van der Waals surface area contributed by atoms with E-state index in [0.29, 0.717) is 12.1 Å². The minimum atomic E-state index is -4.73. The molecule has 0 saturated heterocycles. The van der Waals surface area contributed by atoms with Crippen molar-refractivity contribution in [1.82, 2.24) is 14.7 Å². The van der Waals surface area contributed by atoms with E-state index in [2.05, 4.69) is 14.7 Å². The number of benzene rings is 1. The van der Waals surface area contributed by atoms with Crippen molar-refractivity contribution >= 4 is 10.0 Å². The van der Waals surface area contributed by atoms with E-state index in [0.717, 1.165) is 18.2 Å². The summed E-state index contributed by atoms with van der Waals surface area (Å²) in [5.74, 6) is 0. The molecule has 0 aliphatic rings. The zero-order valence-corrected chi connectivity index (χ0v) is 11.5. The summed E-state index contributed by atoms with van der Waals surface area (Å²) in [6, 6.07) is 4.07. The third kappa shape index (κ3) is 3.82. The van der Waals surface area contributed by atoms with E-state index in [1.54, 1.807) is 0 Å². The smallest absolute Gasteiger partial charge is 0.348 e. The Morgan fingerprint density at radius 1 is 1.24 bits per heavy atom. The number of nitrogens with one attached hydrogen (secondary N) is 2. The number of halogens is 3. The SMILES string of the molecule is O=S(=O)(NCCc1cnc[nH]1)c1ccccc1C(F)(F)F. The molecule has 0 amide bonds. The molecule has 0 unspecified atom stereocenters. The normalized spacial score (nSPS) is 12.5. The van der Waals surface area contributed by atoms with Crippen LogP contribution in [0.3, 0.4) is 0 Å². The van der Waals surface area contributed by atoms with Crippen molar-refractivity contribution < 1.29 is 21.6 Å². The summed E-state index contributed by atoms with van der Waals surface area (Å²) in [7, 11) is -4.23. The molecule has 0 atom stereocenters. The van der Waals surface area contributed by atoms with Gasteiger partial charge in [0, 0.05) is 24.9 Å². The highest BCUT2D eigenvalue weighted by Crippen LogP contribution is 2.33. The molecule has 0 aliphatic carbocycles. The Morgan fingerprint density at radius 2 is 1.95 bits per heavy atom. The zero-order chi connectivity index (χ0) is 15.5. The zero-order valence-electron chi connectivity index (χ0n) is 10.7. The van der Waals surface area contributed by atoms with Crippen molar-refractivity contribution in [2.45, 2.75) is 17.5 Å². The maximum absolute atomic E-state index is 12.8. The lowest BCUT2D eigenvalue weighted by Crippen LogP contribution is -2.28. The molecule has 0 aliphatic heterocycles. The maximum atomic E-state index is 12.8. The maximum Gasteiger partial charge on any atom is 0.417 e. The average Bonchev–Trinajstić information content (AvgIpc) is 2.91. The number of H-pyrrole nitrogens is 1. The molecule has 1 heterocycles. The lowest BCUT2D eigenvalue weighted by Gasteiger charge is -2.13. The van der Waals surface area contributed by atoms with Crippen LogP contribution < -0.4 is 4.72 Å². The molecule has 5 nitrogen and oxygen atoms in total. The second kappa shape index (κ2) is 5.86. The Morgan fingerprint density at radius 3 is 2.57 bits per heavy atom. The van der Waals surface area contributed by atoms with E-state index >= 15 is 0 Å². The van der Waals surface area contributed by atoms with Gasteiger partial charge in [0.2, 0.25) is 10.0 Å². The molecule has 114 valence electrons. The van der Waals surface area contributed by atoms with E-state index in [-0.39, 0.29) is 6.54 Å². The Balaban J connectivity index is 2.16. The van der Waals surface area contributed by atoms with Gasteiger partial charge in [-0.3, -0.25) is 0 Å². The van der Waals surface area contributed by atoms with Gasteiger partial charge in [-0.1, -0.05) is 12.1 Å². The number of rotatable bonds is 5. The van der Waals surface area contributed by atoms with Gasteiger partial charge in [0.25, 0.3) is 0 Å². The van der Waals surface area contributed by atoms with Gasteiger partial charge in [-0.25, -0.2) is 18.1 Å². The summed E-state index contributed by atoms with van der Waals surface area (Å²) >= 11 is 0. The van der Waals surface area contributed by atoms with Crippen molar-refractivity contribution in [2.75, 3.05) is 6.54 Å². The fraction of sp³-hybridized carbons (Fsp3) is 0.250. The second-order valence-electron chi connectivity index (χ2n) is 4.22. The number of alkyl halides is 3. The number of aromatic nitrogens is 2. The van der Waals surface area contributed by atoms with Gasteiger partial charge in [-0.2, -0.15) is 13.2 Å². The number of aromatic amines is 1. The molecule has 21 heavy (non-hydrogen) atoms. The first-order valence-electron chi connectivity index (χ1n) is 5.94. The van der Waals surface area contributed by atoms with Gasteiger partial charge < -0.3 is 4.98 Å². The van der Waals surface area contributed by atoms with Gasteiger partial charge in [0.15, 0.2) is 0 Å². The molecule has 2 N–H and O–H groups in total. The Hall–Kier alpha value is -1.87. The van der Waals surface area contributed by atoms with Crippen LogP contribution in [0.4, 0.5) is 13.2 Å². The van der Waals surface area contributed by atoms with Gasteiger partial charge >= 0.3 is 6.18 Å². The highest BCUT2D eigenvalue weighted by Gasteiger charge is 2.36. The first-order chi connectivity index (χ1) is 9.81. The number of sulfonamides is 1. The number of hydrogen-bond acceptors (Lipinski definition) is 3. The summed E-state index contributed by atoms with van der Waals surface area (Å²) < 4.78 is 64.6. The van der Waals surface area contributed by atoms with Gasteiger partial charge in [-0.05, 0) is 12.1 Å². The summed E-state index contributed by atoms with van der Waals surface area (Å²) in [6.45, 7) is -0.0310. The van der Waals surface area contributed by atoms with Gasteiger partial charge in [0.05, 0.1) is 16.8 Å². The molecule has 0 bridgehead atoms. The molecule has 1 aromatic heterocycles. The Kier molecular flexibility index (Phi) is 4.33. The molecule has 1 aromatic carbocycles. The summed E-state index contributed by atoms with van der Waals surface area (Å²) in [5, 5.41) is 0. The van der Waals surface area contributed by atoms with E-state index in [1.807, 2.05) is 0 Å². The first-order valence-corrected chi connectivity index (χ1v) is 7.42. The van der Waals surface area contributed by atoms with Crippen LogP contribution in [-0.4, -0.2) is 24.9 Å². The molecule has 2 aromatic rings. The van der Waals surface area contributed by atoms with Crippen LogP contribution in [0.2, 0.25) is 0 Å². The lowest BCUT2D eigenvalue weighted by atomic mass is 10.2. The van der Waals surface area contributed by atoms with E-state index in [9.17, 15) is 21.6 Å². The molecule has 0 saturated carbocycles. The fourth-order valence-corrected chi connectivity index (χ4v) is 3.01. The van der Waals surface area contributed by atoms with Crippen LogP contribution in [0.25, 0.3) is 0 Å². The van der Waals surface area contributed by atoms with Crippen molar-refractivity contribution in [3.63, 3.8) is 0 Å². The first kappa shape index (κ1) is 15.5. The van der Waals surface area contributed by atoms with E-state index in [4.69, 9.17) is 0 Å². The van der Waals surface area contributed by atoms with Gasteiger partial charge in [0.1, 0.15) is 0 Å². The minimum absolute atomic E-state index is 0.0310. The molecule has 9 heteroatoms. The van der Waals surface area contributed by atoms with Crippen molar-refractivity contribution in [1.29, 1.82) is 0 Å². The molecular formula is C12H12F3N3O2S. The Labute approximate surface area is 119 Å². The van der Waals surface area contributed by atoms with E-state index in [1.165, 1.54) is 18.6 Å². The lowest BCUT2D eigenvalue weighted by molar-refractivity contribution is -0.139. The highest BCUT2D eigenvalue weighted by atomic mass is 32.2. The Bertz CT molecular complexity index is 697. The van der Waals surface area contributed by atoms with Crippen LogP contribution in [0, 0.1) is 0 Å². The summed E-state index contributed by atoms with van der Waals surface area (Å²) in [5.41, 5.74) is -0.499. The molecule has 2 rings (SSSR count). The fourth-order valence-electron chi connectivity index (χ4n) is 1.75. The van der Waals surface area contributed by atoms with Gasteiger partial charge in [-0.15, -0.1) is 0 Å². The molecule has 0 fully saturated rings. The monoisotopic (exact) mass is 319 g/mol. The standard InChI is InChI=1S/C12H12F3N3O2S/c13-12(14,15)10-3-1-2-4-11(10)21(19,20)18-6-5-9-7-16-8-17-9/h1-4,7-8,18H,5-6H2,(H,16,17). The van der Waals surface area contributed by atoms with Crippen molar-refractivity contribution in [2.24, 2.45) is 0 Å². The predicted octanol–water partition coefficient (Wildman–Crippen LogP) is 1.95. The quantitative estimate of drug-likeness (QED) is 0.884. The third-order valence-corrected chi connectivity index (χ3v) is 4.24. The highest BCUT2D eigenvalue weighted by molar-refractivity contribution is 7.89. The molecule has 0 spiro atoms. The number of hydrogen-bond donors (Lipinski definition) is 2. The predicted molar refractivity (Wildman–Crippen MR) is 68.9 cm³/mol. The van der Waals surface area contributed by atoms with Crippen LogP contribution in [-0.2, 0) is 22.6 Å².